The van der Waals surface area contributed by atoms with E-state index in [0.29, 0.717) is 13.1 Å². The Morgan fingerprint density at radius 3 is 2.53 bits per heavy atom. The number of hydrogen-bond donors (Lipinski definition) is 2. The van der Waals surface area contributed by atoms with Gasteiger partial charge in [-0.3, -0.25) is 9.69 Å². The van der Waals surface area contributed by atoms with E-state index >= 15 is 0 Å². The predicted octanol–water partition coefficient (Wildman–Crippen LogP) is -1.73. The summed E-state index contributed by atoms with van der Waals surface area (Å²) in [5.74, 6) is -0.696. The minimum Gasteiger partial charge on any atom is -0.467 e. The van der Waals surface area contributed by atoms with Crippen molar-refractivity contribution in [1.29, 1.82) is 0 Å². The maximum Gasteiger partial charge on any atom is 0.338 e. The minimum absolute atomic E-state index is 0.00432. The van der Waals surface area contributed by atoms with Crippen LogP contribution in [0.3, 0.4) is 0 Å². The lowest BCUT2D eigenvalue weighted by atomic mass is 10.1. The van der Waals surface area contributed by atoms with E-state index in [1.807, 2.05) is 0 Å². The van der Waals surface area contributed by atoms with Gasteiger partial charge >= 0.3 is 5.97 Å². The SMILES string of the molecule is COC(=O)C(C)(O)CN(C)CC(=O)N1CCNCC1. The van der Waals surface area contributed by atoms with Crippen molar-refractivity contribution in [2.24, 2.45) is 0 Å². The number of nitrogens with one attached hydrogen (secondary N) is 1. The summed E-state index contributed by atoms with van der Waals surface area (Å²) in [6.45, 7) is 4.60. The topological polar surface area (TPSA) is 82.1 Å². The molecule has 1 amide bonds. The molecule has 1 heterocycles. The van der Waals surface area contributed by atoms with Gasteiger partial charge in [0, 0.05) is 32.7 Å². The van der Waals surface area contributed by atoms with Crippen molar-refractivity contribution in [2.45, 2.75) is 12.5 Å². The first-order valence-corrected chi connectivity index (χ1v) is 6.34. The summed E-state index contributed by atoms with van der Waals surface area (Å²) in [7, 11) is 2.92. The molecule has 0 aromatic rings. The van der Waals surface area contributed by atoms with Crippen molar-refractivity contribution in [3.8, 4) is 0 Å². The molecule has 1 atom stereocenters. The number of hydrogen-bond acceptors (Lipinski definition) is 6. The van der Waals surface area contributed by atoms with E-state index in [2.05, 4.69) is 10.1 Å². The second kappa shape index (κ2) is 6.83. The van der Waals surface area contributed by atoms with Crippen molar-refractivity contribution in [2.75, 3.05) is 53.4 Å². The van der Waals surface area contributed by atoms with Crippen LogP contribution in [0.2, 0.25) is 0 Å². The molecule has 7 heteroatoms. The van der Waals surface area contributed by atoms with Crippen LogP contribution in [0, 0.1) is 0 Å². The van der Waals surface area contributed by atoms with Gasteiger partial charge < -0.3 is 20.1 Å². The van der Waals surface area contributed by atoms with Gasteiger partial charge in [0.15, 0.2) is 5.60 Å². The van der Waals surface area contributed by atoms with Gasteiger partial charge in [0.1, 0.15) is 0 Å². The zero-order valence-corrected chi connectivity index (χ0v) is 11.8. The number of rotatable bonds is 5. The van der Waals surface area contributed by atoms with Gasteiger partial charge in [-0.05, 0) is 14.0 Å². The quantitative estimate of drug-likeness (QED) is 0.580. The highest BCUT2D eigenvalue weighted by molar-refractivity contribution is 5.80. The fourth-order valence-corrected chi connectivity index (χ4v) is 2.11. The summed E-state index contributed by atoms with van der Waals surface area (Å²) in [4.78, 5) is 26.8. The van der Waals surface area contributed by atoms with Crippen molar-refractivity contribution >= 4 is 11.9 Å². The molecule has 0 aliphatic carbocycles. The van der Waals surface area contributed by atoms with Gasteiger partial charge in [0.2, 0.25) is 5.91 Å². The monoisotopic (exact) mass is 273 g/mol. The van der Waals surface area contributed by atoms with E-state index in [4.69, 9.17) is 0 Å². The van der Waals surface area contributed by atoms with Gasteiger partial charge in [0.05, 0.1) is 13.7 Å². The molecular formula is C12H23N3O4. The normalized spacial score (nSPS) is 19.1. The third kappa shape index (κ3) is 4.77. The summed E-state index contributed by atoms with van der Waals surface area (Å²) in [6, 6.07) is 0. The van der Waals surface area contributed by atoms with Gasteiger partial charge in [0.25, 0.3) is 0 Å². The summed E-state index contributed by atoms with van der Waals surface area (Å²) in [6.07, 6.45) is 0. The van der Waals surface area contributed by atoms with Crippen molar-refractivity contribution in [3.63, 3.8) is 0 Å². The number of carbonyl (C=O) groups excluding carboxylic acids is 2. The smallest absolute Gasteiger partial charge is 0.338 e. The second-order valence-corrected chi connectivity index (χ2v) is 5.07. The van der Waals surface area contributed by atoms with Crippen LogP contribution >= 0.6 is 0 Å². The van der Waals surface area contributed by atoms with Crippen LogP contribution in [0.15, 0.2) is 0 Å². The number of ether oxygens (including phenoxy) is 1. The largest absolute Gasteiger partial charge is 0.467 e. The Labute approximate surface area is 113 Å². The Hall–Kier alpha value is -1.18. The maximum absolute atomic E-state index is 12.0. The molecule has 0 aromatic carbocycles. The highest BCUT2D eigenvalue weighted by atomic mass is 16.5. The van der Waals surface area contributed by atoms with Crippen LogP contribution in [0.5, 0.6) is 0 Å². The minimum atomic E-state index is -1.60. The van der Waals surface area contributed by atoms with E-state index in [1.165, 1.54) is 14.0 Å². The lowest BCUT2D eigenvalue weighted by molar-refractivity contribution is -0.162. The number of methoxy groups -OCH3 is 1. The first kappa shape index (κ1) is 15.9. The van der Waals surface area contributed by atoms with E-state index in [1.54, 1.807) is 16.8 Å². The van der Waals surface area contributed by atoms with Crippen molar-refractivity contribution < 1.29 is 19.4 Å². The second-order valence-electron chi connectivity index (χ2n) is 5.07. The number of likely N-dealkylation sites (N-methyl/N-ethyl adjacent to an activating group) is 1. The lowest BCUT2D eigenvalue weighted by Crippen LogP contribution is -2.52. The number of carbonyl (C=O) groups is 2. The van der Waals surface area contributed by atoms with Gasteiger partial charge in [-0.25, -0.2) is 4.79 Å². The van der Waals surface area contributed by atoms with Gasteiger partial charge in [-0.2, -0.15) is 0 Å². The number of nitrogens with zero attached hydrogens (tertiary/aromatic N) is 2. The Morgan fingerprint density at radius 1 is 1.42 bits per heavy atom. The first-order chi connectivity index (χ1) is 8.86. The molecule has 1 aliphatic rings. The average Bonchev–Trinajstić information content (AvgIpc) is 2.37. The van der Waals surface area contributed by atoms with E-state index in [9.17, 15) is 14.7 Å². The molecule has 7 nitrogen and oxygen atoms in total. The van der Waals surface area contributed by atoms with Gasteiger partial charge in [-0.1, -0.05) is 0 Å². The molecule has 0 aromatic heterocycles. The number of aliphatic hydroxyl groups is 1. The molecular weight excluding hydrogens is 250 g/mol. The third-order valence-electron chi connectivity index (χ3n) is 3.08. The predicted molar refractivity (Wildman–Crippen MR) is 69.6 cm³/mol. The lowest BCUT2D eigenvalue weighted by Gasteiger charge is -2.31. The Balaban J connectivity index is 2.43. The summed E-state index contributed by atoms with van der Waals surface area (Å²) >= 11 is 0. The molecule has 1 rings (SSSR count). The number of amides is 1. The molecule has 2 N–H and O–H groups in total. The van der Waals surface area contributed by atoms with Crippen LogP contribution in [0.25, 0.3) is 0 Å². The summed E-state index contributed by atoms with van der Waals surface area (Å²) in [5, 5.41) is 13.1. The molecule has 0 bridgehead atoms. The summed E-state index contributed by atoms with van der Waals surface area (Å²) < 4.78 is 4.52. The average molecular weight is 273 g/mol. The molecule has 1 saturated heterocycles. The zero-order chi connectivity index (χ0) is 14.5. The van der Waals surface area contributed by atoms with Crippen molar-refractivity contribution in [1.82, 2.24) is 15.1 Å². The number of esters is 1. The van der Waals surface area contributed by atoms with E-state index in [0.717, 1.165) is 13.1 Å². The first-order valence-electron chi connectivity index (χ1n) is 6.34. The highest BCUT2D eigenvalue weighted by Gasteiger charge is 2.33. The highest BCUT2D eigenvalue weighted by Crippen LogP contribution is 2.08. The van der Waals surface area contributed by atoms with E-state index in [-0.39, 0.29) is 19.0 Å². The Bertz CT molecular complexity index is 327. The van der Waals surface area contributed by atoms with Crippen LogP contribution < -0.4 is 5.32 Å². The molecule has 1 fully saturated rings. The molecule has 0 radical (unpaired) electrons. The fourth-order valence-electron chi connectivity index (χ4n) is 2.11. The number of piperazine rings is 1. The third-order valence-corrected chi connectivity index (χ3v) is 3.08. The molecule has 0 saturated carbocycles. The fraction of sp³-hybridized carbons (Fsp3) is 0.833. The Kier molecular flexibility index (Phi) is 5.71. The molecule has 110 valence electrons. The zero-order valence-electron chi connectivity index (χ0n) is 11.8. The van der Waals surface area contributed by atoms with Crippen LogP contribution in [0.1, 0.15) is 6.92 Å². The molecule has 1 aliphatic heterocycles. The van der Waals surface area contributed by atoms with Crippen LogP contribution in [-0.4, -0.2) is 85.8 Å². The van der Waals surface area contributed by atoms with Crippen molar-refractivity contribution in [3.05, 3.63) is 0 Å². The molecule has 0 spiro atoms. The standard InChI is InChI=1S/C12H23N3O4/c1-12(18,11(17)19-3)9-14(2)8-10(16)15-6-4-13-5-7-15/h13,18H,4-9H2,1-3H3. The maximum atomic E-state index is 12.0. The summed E-state index contributed by atoms with van der Waals surface area (Å²) in [5.41, 5.74) is -1.60. The Morgan fingerprint density at radius 2 is 2.00 bits per heavy atom. The van der Waals surface area contributed by atoms with E-state index < -0.39 is 11.6 Å². The van der Waals surface area contributed by atoms with Gasteiger partial charge in [-0.15, -0.1) is 0 Å². The van der Waals surface area contributed by atoms with Crippen LogP contribution in [0.4, 0.5) is 0 Å². The molecule has 19 heavy (non-hydrogen) atoms. The molecule has 1 unspecified atom stereocenters. The van der Waals surface area contributed by atoms with Crippen LogP contribution in [-0.2, 0) is 14.3 Å².